The van der Waals surface area contributed by atoms with Crippen molar-refractivity contribution in [1.29, 1.82) is 0 Å². The fourth-order valence-electron chi connectivity index (χ4n) is 2.27. The molecule has 1 unspecified atom stereocenters. The summed E-state index contributed by atoms with van der Waals surface area (Å²) in [6.45, 7) is 5.22. The van der Waals surface area contributed by atoms with E-state index in [0.29, 0.717) is 0 Å². The normalized spacial score (nSPS) is 17.1. The monoisotopic (exact) mass is 232 g/mol. The standard InChI is InChI=1S/C15H24N2/c1-12(15-6-7-15)10-17-11-14-4-2-13(3-5-14)8-9-16/h2-5,12,15,17H,6-11,16H2,1H3. The van der Waals surface area contributed by atoms with Crippen LogP contribution in [0.15, 0.2) is 24.3 Å². The van der Waals surface area contributed by atoms with Gasteiger partial charge in [0.15, 0.2) is 0 Å². The topological polar surface area (TPSA) is 38.0 Å². The van der Waals surface area contributed by atoms with E-state index >= 15 is 0 Å². The maximum atomic E-state index is 5.53. The van der Waals surface area contributed by atoms with Crippen LogP contribution in [0, 0.1) is 11.8 Å². The van der Waals surface area contributed by atoms with Gasteiger partial charge < -0.3 is 11.1 Å². The van der Waals surface area contributed by atoms with Crippen molar-refractivity contribution in [2.75, 3.05) is 13.1 Å². The summed E-state index contributed by atoms with van der Waals surface area (Å²) in [6.07, 6.45) is 3.86. The SMILES string of the molecule is CC(CNCc1ccc(CCN)cc1)C1CC1. The minimum atomic E-state index is 0.733. The molecule has 2 rings (SSSR count). The van der Waals surface area contributed by atoms with Crippen LogP contribution in [0.2, 0.25) is 0 Å². The van der Waals surface area contributed by atoms with Crippen LogP contribution in [0.5, 0.6) is 0 Å². The van der Waals surface area contributed by atoms with Gasteiger partial charge in [-0.1, -0.05) is 31.2 Å². The number of nitrogens with two attached hydrogens (primary N) is 1. The number of rotatable bonds is 7. The molecule has 94 valence electrons. The predicted octanol–water partition coefficient (Wildman–Crippen LogP) is 2.32. The fraction of sp³-hybridized carbons (Fsp3) is 0.600. The van der Waals surface area contributed by atoms with Crippen molar-refractivity contribution in [2.45, 2.75) is 32.7 Å². The first-order valence-corrected chi connectivity index (χ1v) is 6.78. The highest BCUT2D eigenvalue weighted by molar-refractivity contribution is 5.22. The number of nitrogens with one attached hydrogen (secondary N) is 1. The van der Waals surface area contributed by atoms with Crippen molar-refractivity contribution in [3.05, 3.63) is 35.4 Å². The van der Waals surface area contributed by atoms with Crippen LogP contribution in [-0.2, 0) is 13.0 Å². The maximum Gasteiger partial charge on any atom is 0.0205 e. The van der Waals surface area contributed by atoms with E-state index in [2.05, 4.69) is 36.5 Å². The zero-order chi connectivity index (χ0) is 12.1. The Labute approximate surface area is 105 Å². The largest absolute Gasteiger partial charge is 0.330 e. The lowest BCUT2D eigenvalue weighted by Crippen LogP contribution is -2.21. The van der Waals surface area contributed by atoms with Crippen LogP contribution >= 0.6 is 0 Å². The molecule has 1 aliphatic carbocycles. The first-order valence-electron chi connectivity index (χ1n) is 6.78. The zero-order valence-corrected chi connectivity index (χ0v) is 10.8. The van der Waals surface area contributed by atoms with Gasteiger partial charge in [0, 0.05) is 6.54 Å². The van der Waals surface area contributed by atoms with Crippen LogP contribution in [0.3, 0.4) is 0 Å². The molecule has 0 saturated heterocycles. The molecule has 0 amide bonds. The summed E-state index contributed by atoms with van der Waals surface area (Å²) in [7, 11) is 0. The summed E-state index contributed by atoms with van der Waals surface area (Å²) < 4.78 is 0. The quantitative estimate of drug-likeness (QED) is 0.757. The van der Waals surface area contributed by atoms with E-state index in [4.69, 9.17) is 5.73 Å². The van der Waals surface area contributed by atoms with Gasteiger partial charge >= 0.3 is 0 Å². The molecule has 0 aromatic heterocycles. The van der Waals surface area contributed by atoms with Crippen LogP contribution in [-0.4, -0.2) is 13.1 Å². The Morgan fingerprint density at radius 3 is 2.47 bits per heavy atom. The molecule has 0 spiro atoms. The molecule has 1 atom stereocenters. The van der Waals surface area contributed by atoms with Crippen LogP contribution in [0.25, 0.3) is 0 Å². The highest BCUT2D eigenvalue weighted by Crippen LogP contribution is 2.36. The highest BCUT2D eigenvalue weighted by atomic mass is 14.9. The lowest BCUT2D eigenvalue weighted by molar-refractivity contribution is 0.461. The van der Waals surface area contributed by atoms with Crippen molar-refractivity contribution in [3.63, 3.8) is 0 Å². The number of hydrogen-bond acceptors (Lipinski definition) is 2. The van der Waals surface area contributed by atoms with E-state index in [1.165, 1.54) is 24.0 Å². The lowest BCUT2D eigenvalue weighted by Gasteiger charge is -2.11. The second kappa shape index (κ2) is 6.18. The van der Waals surface area contributed by atoms with E-state index in [9.17, 15) is 0 Å². The van der Waals surface area contributed by atoms with Gasteiger partial charge in [-0.05, 0) is 55.3 Å². The molecule has 0 aliphatic heterocycles. The molecule has 2 heteroatoms. The summed E-state index contributed by atoms with van der Waals surface area (Å²) in [5, 5.41) is 3.55. The summed E-state index contributed by atoms with van der Waals surface area (Å²) in [4.78, 5) is 0. The Morgan fingerprint density at radius 1 is 1.24 bits per heavy atom. The average molecular weight is 232 g/mol. The Bertz CT molecular complexity index is 327. The van der Waals surface area contributed by atoms with Gasteiger partial charge in [0.05, 0.1) is 0 Å². The Hall–Kier alpha value is -0.860. The molecule has 0 radical (unpaired) electrons. The Balaban J connectivity index is 1.70. The third-order valence-corrected chi connectivity index (χ3v) is 3.68. The van der Waals surface area contributed by atoms with Gasteiger partial charge in [-0.3, -0.25) is 0 Å². The summed E-state index contributed by atoms with van der Waals surface area (Å²) in [6, 6.07) is 8.79. The van der Waals surface area contributed by atoms with Crippen molar-refractivity contribution < 1.29 is 0 Å². The highest BCUT2D eigenvalue weighted by Gasteiger charge is 2.27. The molecule has 1 saturated carbocycles. The van der Waals surface area contributed by atoms with Gasteiger partial charge in [-0.15, -0.1) is 0 Å². The molecular weight excluding hydrogens is 208 g/mol. The van der Waals surface area contributed by atoms with E-state index in [1.54, 1.807) is 0 Å². The first kappa shape index (κ1) is 12.6. The van der Waals surface area contributed by atoms with E-state index < -0.39 is 0 Å². The van der Waals surface area contributed by atoms with E-state index in [1.807, 2.05) is 0 Å². The van der Waals surface area contributed by atoms with Crippen molar-refractivity contribution in [3.8, 4) is 0 Å². The molecule has 0 bridgehead atoms. The minimum Gasteiger partial charge on any atom is -0.330 e. The third kappa shape index (κ3) is 4.14. The summed E-state index contributed by atoms with van der Waals surface area (Å²) in [5.41, 5.74) is 8.24. The van der Waals surface area contributed by atoms with Gasteiger partial charge in [0.1, 0.15) is 0 Å². The summed E-state index contributed by atoms with van der Waals surface area (Å²) >= 11 is 0. The second-order valence-corrected chi connectivity index (χ2v) is 5.30. The lowest BCUT2D eigenvalue weighted by atomic mass is 10.1. The molecular formula is C15H24N2. The molecule has 1 aliphatic rings. The van der Waals surface area contributed by atoms with Gasteiger partial charge in [-0.2, -0.15) is 0 Å². The van der Waals surface area contributed by atoms with Crippen molar-refractivity contribution in [2.24, 2.45) is 17.6 Å². The summed E-state index contributed by atoms with van der Waals surface area (Å²) in [5.74, 6) is 1.83. The van der Waals surface area contributed by atoms with Gasteiger partial charge in [0.2, 0.25) is 0 Å². The molecule has 1 fully saturated rings. The van der Waals surface area contributed by atoms with Crippen LogP contribution in [0.1, 0.15) is 30.9 Å². The van der Waals surface area contributed by atoms with E-state index in [0.717, 1.165) is 37.9 Å². The number of benzene rings is 1. The maximum absolute atomic E-state index is 5.53. The molecule has 1 aromatic rings. The minimum absolute atomic E-state index is 0.733. The molecule has 3 N–H and O–H groups in total. The smallest absolute Gasteiger partial charge is 0.0205 e. The van der Waals surface area contributed by atoms with Crippen LogP contribution in [0.4, 0.5) is 0 Å². The van der Waals surface area contributed by atoms with Crippen molar-refractivity contribution in [1.82, 2.24) is 5.32 Å². The molecule has 2 nitrogen and oxygen atoms in total. The number of hydrogen-bond donors (Lipinski definition) is 2. The fourth-order valence-corrected chi connectivity index (χ4v) is 2.27. The average Bonchev–Trinajstić information content (AvgIpc) is 3.15. The third-order valence-electron chi connectivity index (χ3n) is 3.68. The van der Waals surface area contributed by atoms with Gasteiger partial charge in [-0.25, -0.2) is 0 Å². The first-order chi connectivity index (χ1) is 8.29. The van der Waals surface area contributed by atoms with Crippen molar-refractivity contribution >= 4 is 0 Å². The Kier molecular flexibility index (Phi) is 4.57. The molecule has 1 aromatic carbocycles. The molecule has 0 heterocycles. The predicted molar refractivity (Wildman–Crippen MR) is 72.8 cm³/mol. The molecule has 17 heavy (non-hydrogen) atoms. The van der Waals surface area contributed by atoms with E-state index in [-0.39, 0.29) is 0 Å². The van der Waals surface area contributed by atoms with Crippen LogP contribution < -0.4 is 11.1 Å². The zero-order valence-electron chi connectivity index (χ0n) is 10.8. The van der Waals surface area contributed by atoms with Gasteiger partial charge in [0.25, 0.3) is 0 Å². The Morgan fingerprint density at radius 2 is 1.88 bits per heavy atom. The second-order valence-electron chi connectivity index (χ2n) is 5.30.